The molecular weight excluding hydrogens is 475 g/mol. The number of carboxylic acid groups (broad SMARTS) is 1. The monoisotopic (exact) mass is 501 g/mol. The molecule has 1 aliphatic carbocycles. The quantitative estimate of drug-likeness (QED) is 0.432. The minimum atomic E-state index is -5.08. The average molecular weight is 502 g/mol. The lowest BCUT2D eigenvalue weighted by molar-refractivity contribution is -0.192. The Kier molecular flexibility index (Phi) is 8.99. The Labute approximate surface area is 205 Å². The first kappa shape index (κ1) is 26.7. The molecule has 10 heteroatoms. The van der Waals surface area contributed by atoms with E-state index in [0.717, 1.165) is 10.8 Å². The molecule has 7 nitrogen and oxygen atoms in total. The van der Waals surface area contributed by atoms with Crippen molar-refractivity contribution in [3.8, 4) is 0 Å². The van der Waals surface area contributed by atoms with E-state index in [1.165, 1.54) is 38.3 Å². The molecule has 1 aliphatic rings. The van der Waals surface area contributed by atoms with E-state index in [-0.39, 0.29) is 11.8 Å². The van der Waals surface area contributed by atoms with Crippen LogP contribution in [0.15, 0.2) is 60.9 Å². The van der Waals surface area contributed by atoms with E-state index in [4.69, 9.17) is 9.90 Å². The molecule has 4 rings (SSSR count). The van der Waals surface area contributed by atoms with Crippen molar-refractivity contribution in [3.63, 3.8) is 0 Å². The maximum absolute atomic E-state index is 12.9. The number of anilines is 1. The van der Waals surface area contributed by atoms with Crippen LogP contribution in [0.25, 0.3) is 10.8 Å². The summed E-state index contributed by atoms with van der Waals surface area (Å²) in [5, 5.41) is 14.9. The number of halogens is 3. The molecule has 2 amide bonds. The largest absolute Gasteiger partial charge is 0.490 e. The number of benzene rings is 2. The van der Waals surface area contributed by atoms with Crippen molar-refractivity contribution >= 4 is 34.2 Å². The van der Waals surface area contributed by atoms with Crippen LogP contribution in [0.3, 0.4) is 0 Å². The van der Waals surface area contributed by atoms with Gasteiger partial charge in [0.15, 0.2) is 0 Å². The number of aliphatic carboxylic acids is 1. The number of nitrogens with zero attached hydrogens (tertiary/aromatic N) is 1. The number of fused-ring (bicyclic) bond motifs is 1. The summed E-state index contributed by atoms with van der Waals surface area (Å²) < 4.78 is 31.7. The fourth-order valence-corrected chi connectivity index (χ4v) is 4.03. The highest BCUT2D eigenvalue weighted by Gasteiger charge is 2.38. The molecule has 0 aliphatic heterocycles. The zero-order valence-corrected chi connectivity index (χ0v) is 19.3. The van der Waals surface area contributed by atoms with Crippen molar-refractivity contribution in [3.05, 3.63) is 72.1 Å². The zero-order valence-electron chi connectivity index (χ0n) is 19.3. The second kappa shape index (κ2) is 12.1. The predicted molar refractivity (Wildman–Crippen MR) is 129 cm³/mol. The Balaban J connectivity index is 0.000000454. The topological polar surface area (TPSA) is 108 Å². The summed E-state index contributed by atoms with van der Waals surface area (Å²) in [6.07, 6.45) is 4.12. The predicted octanol–water partition coefficient (Wildman–Crippen LogP) is 5.43. The van der Waals surface area contributed by atoms with Crippen molar-refractivity contribution in [1.29, 1.82) is 0 Å². The fraction of sp³-hybridized carbons (Fsp3) is 0.308. The Hall–Kier alpha value is -3.95. The summed E-state index contributed by atoms with van der Waals surface area (Å²) >= 11 is 0. The van der Waals surface area contributed by atoms with E-state index in [1.807, 2.05) is 36.4 Å². The summed E-state index contributed by atoms with van der Waals surface area (Å²) in [6, 6.07) is 15.0. The first-order chi connectivity index (χ1) is 17.2. The van der Waals surface area contributed by atoms with Gasteiger partial charge in [-0.1, -0.05) is 55.7 Å². The number of rotatable bonds is 5. The van der Waals surface area contributed by atoms with E-state index < -0.39 is 12.1 Å². The maximum atomic E-state index is 12.9. The molecule has 2 aromatic carbocycles. The molecule has 0 bridgehead atoms. The summed E-state index contributed by atoms with van der Waals surface area (Å²) in [5.41, 5.74) is 1.43. The molecule has 36 heavy (non-hydrogen) atoms. The number of alkyl halides is 3. The van der Waals surface area contributed by atoms with Gasteiger partial charge in [0.2, 0.25) is 0 Å². The SMILES string of the molecule is O=C(NCC1CCCCC1)c1ccncc1NC(=O)c1cccc2ccccc12.O=C(O)C(F)(F)F. The molecule has 190 valence electrons. The number of hydrogen-bond acceptors (Lipinski definition) is 4. The average Bonchev–Trinajstić information content (AvgIpc) is 2.87. The smallest absolute Gasteiger partial charge is 0.475 e. The van der Waals surface area contributed by atoms with Gasteiger partial charge >= 0.3 is 12.1 Å². The molecule has 1 fully saturated rings. The van der Waals surface area contributed by atoms with Gasteiger partial charge in [-0.25, -0.2) is 4.79 Å². The Morgan fingerprint density at radius 2 is 1.58 bits per heavy atom. The molecule has 3 aromatic rings. The molecule has 0 unspecified atom stereocenters. The number of carbonyl (C=O) groups is 3. The number of carboxylic acids is 1. The minimum absolute atomic E-state index is 0.175. The van der Waals surface area contributed by atoms with Gasteiger partial charge in [-0.2, -0.15) is 13.2 Å². The Morgan fingerprint density at radius 3 is 2.28 bits per heavy atom. The van der Waals surface area contributed by atoms with Gasteiger partial charge in [0.25, 0.3) is 11.8 Å². The number of carbonyl (C=O) groups excluding carboxylic acids is 2. The lowest BCUT2D eigenvalue weighted by atomic mass is 9.89. The van der Waals surface area contributed by atoms with Crippen LogP contribution in [0.1, 0.15) is 52.8 Å². The molecular formula is C26H26F3N3O4. The highest BCUT2D eigenvalue weighted by molar-refractivity contribution is 6.14. The summed E-state index contributed by atoms with van der Waals surface area (Å²) in [5.74, 6) is -2.64. The maximum Gasteiger partial charge on any atom is 0.490 e. The lowest BCUT2D eigenvalue weighted by Gasteiger charge is -2.22. The van der Waals surface area contributed by atoms with Gasteiger partial charge in [0.1, 0.15) is 0 Å². The standard InChI is InChI=1S/C24H25N3O2.C2HF3O2/c28-23(26-15-17-7-2-1-3-8-17)21-13-14-25-16-22(21)27-24(29)20-12-6-10-18-9-4-5-11-19(18)20;3-2(4,5)1(6)7/h4-6,9-14,16-17H,1-3,7-8,15H2,(H,26,28)(H,27,29);(H,6,7). The van der Waals surface area contributed by atoms with Crippen molar-refractivity contribution in [2.45, 2.75) is 38.3 Å². The van der Waals surface area contributed by atoms with Gasteiger partial charge in [-0.3, -0.25) is 14.6 Å². The molecule has 1 heterocycles. The van der Waals surface area contributed by atoms with Crippen molar-refractivity contribution in [2.24, 2.45) is 5.92 Å². The first-order valence-electron chi connectivity index (χ1n) is 11.5. The molecule has 0 atom stereocenters. The number of hydrogen-bond donors (Lipinski definition) is 3. The lowest BCUT2D eigenvalue weighted by Crippen LogP contribution is -2.31. The van der Waals surface area contributed by atoms with Gasteiger partial charge in [0.05, 0.1) is 17.4 Å². The van der Waals surface area contributed by atoms with E-state index >= 15 is 0 Å². The molecule has 0 saturated heterocycles. The van der Waals surface area contributed by atoms with Crippen LogP contribution in [-0.2, 0) is 4.79 Å². The van der Waals surface area contributed by atoms with Crippen LogP contribution >= 0.6 is 0 Å². The molecule has 0 radical (unpaired) electrons. The third-order valence-corrected chi connectivity index (χ3v) is 5.87. The third-order valence-electron chi connectivity index (χ3n) is 5.87. The van der Waals surface area contributed by atoms with Crippen molar-refractivity contribution in [1.82, 2.24) is 10.3 Å². The minimum Gasteiger partial charge on any atom is -0.475 e. The molecule has 1 aromatic heterocycles. The number of pyridine rings is 1. The van der Waals surface area contributed by atoms with Crippen LogP contribution < -0.4 is 10.6 Å². The number of aromatic nitrogens is 1. The van der Waals surface area contributed by atoms with E-state index in [2.05, 4.69) is 15.6 Å². The highest BCUT2D eigenvalue weighted by Crippen LogP contribution is 2.24. The van der Waals surface area contributed by atoms with Gasteiger partial charge < -0.3 is 15.7 Å². The third kappa shape index (κ3) is 7.27. The molecule has 1 saturated carbocycles. The van der Waals surface area contributed by atoms with E-state index in [0.29, 0.717) is 29.3 Å². The normalized spacial score (nSPS) is 13.9. The van der Waals surface area contributed by atoms with Crippen LogP contribution in [0.4, 0.5) is 18.9 Å². The summed E-state index contributed by atoms with van der Waals surface area (Å²) in [7, 11) is 0. The van der Waals surface area contributed by atoms with E-state index in [9.17, 15) is 22.8 Å². The number of amides is 2. The van der Waals surface area contributed by atoms with Crippen LogP contribution in [-0.4, -0.2) is 40.6 Å². The Morgan fingerprint density at radius 1 is 0.917 bits per heavy atom. The summed E-state index contributed by atoms with van der Waals surface area (Å²) in [6.45, 7) is 0.678. The van der Waals surface area contributed by atoms with Crippen LogP contribution in [0.2, 0.25) is 0 Å². The fourth-order valence-electron chi connectivity index (χ4n) is 4.03. The molecule has 3 N–H and O–H groups in total. The molecule has 0 spiro atoms. The van der Waals surface area contributed by atoms with Gasteiger partial charge in [0, 0.05) is 18.3 Å². The Bertz CT molecular complexity index is 1220. The second-order valence-corrected chi connectivity index (χ2v) is 8.42. The van der Waals surface area contributed by atoms with Gasteiger partial charge in [-0.15, -0.1) is 0 Å². The number of nitrogens with one attached hydrogen (secondary N) is 2. The van der Waals surface area contributed by atoms with Crippen molar-refractivity contribution < 1.29 is 32.7 Å². The van der Waals surface area contributed by atoms with Crippen LogP contribution in [0, 0.1) is 5.92 Å². The highest BCUT2D eigenvalue weighted by atomic mass is 19.4. The van der Waals surface area contributed by atoms with E-state index in [1.54, 1.807) is 18.3 Å². The van der Waals surface area contributed by atoms with Crippen LogP contribution in [0.5, 0.6) is 0 Å². The van der Waals surface area contributed by atoms with Crippen molar-refractivity contribution in [2.75, 3.05) is 11.9 Å². The summed E-state index contributed by atoms with van der Waals surface area (Å²) in [4.78, 5) is 38.7. The van der Waals surface area contributed by atoms with Gasteiger partial charge in [-0.05, 0) is 41.7 Å². The second-order valence-electron chi connectivity index (χ2n) is 8.42. The first-order valence-corrected chi connectivity index (χ1v) is 11.5. The zero-order chi connectivity index (χ0) is 26.1.